The molecular weight excluding hydrogens is 465 g/mol. The second-order valence-electron chi connectivity index (χ2n) is 7.71. The van der Waals surface area contributed by atoms with Crippen LogP contribution in [0.2, 0.25) is 0 Å². The summed E-state index contributed by atoms with van der Waals surface area (Å²) in [5.41, 5.74) is 0.111. The SMILES string of the molecule is CC(=O)Nc1ccc(N2C(=O)c3ccc(C(=O)OCc4cccc(C(F)(F)F)c4)cc3C2=O)cc1. The molecule has 0 aromatic heterocycles. The number of alkyl halides is 3. The molecule has 0 spiro atoms. The van der Waals surface area contributed by atoms with Gasteiger partial charge in [-0.3, -0.25) is 14.4 Å². The summed E-state index contributed by atoms with van der Waals surface area (Å²) < 4.78 is 43.7. The number of imide groups is 1. The zero-order valence-electron chi connectivity index (χ0n) is 18.2. The van der Waals surface area contributed by atoms with E-state index in [1.807, 2.05) is 0 Å². The number of amides is 3. The molecule has 0 bridgehead atoms. The van der Waals surface area contributed by atoms with E-state index in [2.05, 4.69) is 5.32 Å². The van der Waals surface area contributed by atoms with E-state index in [4.69, 9.17) is 4.74 Å². The van der Waals surface area contributed by atoms with Gasteiger partial charge >= 0.3 is 12.1 Å². The van der Waals surface area contributed by atoms with Crippen LogP contribution in [0.25, 0.3) is 0 Å². The number of anilines is 2. The number of nitrogens with zero attached hydrogens (tertiary/aromatic N) is 1. The van der Waals surface area contributed by atoms with Crippen LogP contribution in [0.1, 0.15) is 49.1 Å². The molecule has 1 aliphatic rings. The zero-order chi connectivity index (χ0) is 25.3. The molecule has 0 unspecified atom stereocenters. The smallest absolute Gasteiger partial charge is 0.416 e. The van der Waals surface area contributed by atoms with Gasteiger partial charge in [0, 0.05) is 12.6 Å². The highest BCUT2D eigenvalue weighted by Gasteiger charge is 2.37. The Balaban J connectivity index is 1.50. The summed E-state index contributed by atoms with van der Waals surface area (Å²) >= 11 is 0. The first-order valence-electron chi connectivity index (χ1n) is 10.3. The molecule has 35 heavy (non-hydrogen) atoms. The van der Waals surface area contributed by atoms with Crippen molar-refractivity contribution in [3.05, 3.63) is 94.5 Å². The minimum Gasteiger partial charge on any atom is -0.457 e. The Morgan fingerprint density at radius 2 is 1.60 bits per heavy atom. The van der Waals surface area contributed by atoms with Gasteiger partial charge in [-0.15, -0.1) is 0 Å². The lowest BCUT2D eigenvalue weighted by molar-refractivity contribution is -0.137. The Hall–Kier alpha value is -4.47. The molecule has 0 fully saturated rings. The third-order valence-electron chi connectivity index (χ3n) is 5.19. The van der Waals surface area contributed by atoms with Gasteiger partial charge in [0.1, 0.15) is 6.61 Å². The topological polar surface area (TPSA) is 92.8 Å². The maximum atomic E-state index is 12.9. The lowest BCUT2D eigenvalue weighted by Gasteiger charge is -2.14. The summed E-state index contributed by atoms with van der Waals surface area (Å²) in [6, 6.07) is 14.3. The first-order chi connectivity index (χ1) is 16.5. The number of carbonyl (C=O) groups excluding carboxylic acids is 4. The maximum Gasteiger partial charge on any atom is 0.416 e. The number of nitrogens with one attached hydrogen (secondary N) is 1. The minimum absolute atomic E-state index is 0.00513. The van der Waals surface area contributed by atoms with E-state index in [0.29, 0.717) is 5.69 Å². The van der Waals surface area contributed by atoms with Crippen molar-refractivity contribution in [3.8, 4) is 0 Å². The average molecular weight is 482 g/mol. The highest BCUT2D eigenvalue weighted by molar-refractivity contribution is 6.34. The number of carbonyl (C=O) groups is 4. The van der Waals surface area contributed by atoms with Crippen LogP contribution in [0.5, 0.6) is 0 Å². The largest absolute Gasteiger partial charge is 0.457 e. The lowest BCUT2D eigenvalue weighted by Crippen LogP contribution is -2.29. The number of benzene rings is 3. The van der Waals surface area contributed by atoms with Gasteiger partial charge < -0.3 is 10.1 Å². The van der Waals surface area contributed by atoms with Crippen LogP contribution in [0.4, 0.5) is 24.5 Å². The monoisotopic (exact) mass is 482 g/mol. The van der Waals surface area contributed by atoms with E-state index in [1.54, 1.807) is 0 Å². The maximum absolute atomic E-state index is 12.9. The highest BCUT2D eigenvalue weighted by Crippen LogP contribution is 2.31. The minimum atomic E-state index is -4.52. The van der Waals surface area contributed by atoms with Crippen LogP contribution >= 0.6 is 0 Å². The Morgan fingerprint density at radius 1 is 0.914 bits per heavy atom. The number of hydrogen-bond donors (Lipinski definition) is 1. The summed E-state index contributed by atoms with van der Waals surface area (Å²) in [6.45, 7) is 0.944. The van der Waals surface area contributed by atoms with Gasteiger partial charge in [-0.05, 0) is 60.2 Å². The van der Waals surface area contributed by atoms with Crippen molar-refractivity contribution in [2.45, 2.75) is 19.7 Å². The molecule has 3 aromatic carbocycles. The molecule has 0 radical (unpaired) electrons. The molecule has 0 aliphatic carbocycles. The van der Waals surface area contributed by atoms with Crippen molar-refractivity contribution in [1.82, 2.24) is 0 Å². The van der Waals surface area contributed by atoms with Crippen LogP contribution in [0.15, 0.2) is 66.7 Å². The van der Waals surface area contributed by atoms with Gasteiger partial charge in [-0.2, -0.15) is 13.2 Å². The average Bonchev–Trinajstić information content (AvgIpc) is 3.07. The predicted octanol–water partition coefficient (Wildman–Crippen LogP) is 4.82. The molecule has 3 amide bonds. The summed E-state index contributed by atoms with van der Waals surface area (Å²) in [4.78, 5) is 50.3. The molecule has 1 heterocycles. The lowest BCUT2D eigenvalue weighted by atomic mass is 10.1. The van der Waals surface area contributed by atoms with Gasteiger partial charge in [0.05, 0.1) is 27.9 Å². The molecule has 1 N–H and O–H groups in total. The number of esters is 1. The third-order valence-corrected chi connectivity index (χ3v) is 5.19. The normalized spacial score (nSPS) is 13.0. The van der Waals surface area contributed by atoms with Crippen molar-refractivity contribution in [2.75, 3.05) is 10.2 Å². The standard InChI is InChI=1S/C25H17F3N2O5/c1-14(31)29-18-6-8-19(9-7-18)30-22(32)20-10-5-16(12-21(20)23(30)33)24(34)35-13-15-3-2-4-17(11-15)25(26,27)28/h2-12H,13H2,1H3,(H,29,31). The van der Waals surface area contributed by atoms with Gasteiger partial charge in [0.15, 0.2) is 0 Å². The van der Waals surface area contributed by atoms with Crippen molar-refractivity contribution in [3.63, 3.8) is 0 Å². The number of rotatable bonds is 5. The number of fused-ring (bicyclic) bond motifs is 1. The van der Waals surface area contributed by atoms with Crippen LogP contribution in [-0.4, -0.2) is 23.7 Å². The second kappa shape index (κ2) is 9.05. The van der Waals surface area contributed by atoms with Gasteiger partial charge in [0.25, 0.3) is 11.8 Å². The van der Waals surface area contributed by atoms with Crippen molar-refractivity contribution >= 4 is 35.1 Å². The van der Waals surface area contributed by atoms with Crippen LogP contribution < -0.4 is 10.2 Å². The van der Waals surface area contributed by atoms with E-state index in [9.17, 15) is 32.3 Å². The van der Waals surface area contributed by atoms with Crippen LogP contribution in [0, 0.1) is 0 Å². The fourth-order valence-corrected chi connectivity index (χ4v) is 3.57. The Labute approximate surface area is 197 Å². The molecule has 10 heteroatoms. The van der Waals surface area contributed by atoms with Crippen LogP contribution in [-0.2, 0) is 22.3 Å². The summed E-state index contributed by atoms with van der Waals surface area (Å²) in [7, 11) is 0. The van der Waals surface area contributed by atoms with Crippen LogP contribution in [0.3, 0.4) is 0 Å². The van der Waals surface area contributed by atoms with E-state index in [-0.39, 0.29) is 33.8 Å². The van der Waals surface area contributed by atoms with Crippen molar-refractivity contribution in [2.24, 2.45) is 0 Å². The summed E-state index contributed by atoms with van der Waals surface area (Å²) in [6.07, 6.45) is -4.52. The molecule has 7 nitrogen and oxygen atoms in total. The van der Waals surface area contributed by atoms with E-state index in [0.717, 1.165) is 17.0 Å². The molecule has 0 saturated carbocycles. The predicted molar refractivity (Wildman–Crippen MR) is 119 cm³/mol. The molecular formula is C25H17F3N2O5. The Bertz CT molecular complexity index is 1350. The fourth-order valence-electron chi connectivity index (χ4n) is 3.57. The third kappa shape index (κ3) is 4.91. The molecule has 1 aliphatic heterocycles. The zero-order valence-corrected chi connectivity index (χ0v) is 18.2. The molecule has 0 atom stereocenters. The Morgan fingerprint density at radius 3 is 2.26 bits per heavy atom. The first-order valence-corrected chi connectivity index (χ1v) is 10.3. The van der Waals surface area contributed by atoms with Gasteiger partial charge in [-0.1, -0.05) is 12.1 Å². The van der Waals surface area contributed by atoms with Crippen molar-refractivity contribution < 1.29 is 37.1 Å². The van der Waals surface area contributed by atoms with E-state index >= 15 is 0 Å². The summed E-state index contributed by atoms with van der Waals surface area (Å²) in [5, 5.41) is 2.58. The number of hydrogen-bond acceptors (Lipinski definition) is 5. The summed E-state index contributed by atoms with van der Waals surface area (Å²) in [5.74, 6) is -2.36. The van der Waals surface area contributed by atoms with E-state index < -0.39 is 36.1 Å². The molecule has 3 aromatic rings. The fraction of sp³-hybridized carbons (Fsp3) is 0.120. The van der Waals surface area contributed by atoms with E-state index in [1.165, 1.54) is 61.5 Å². The van der Waals surface area contributed by atoms with Gasteiger partial charge in [0.2, 0.25) is 5.91 Å². The van der Waals surface area contributed by atoms with Gasteiger partial charge in [-0.25, -0.2) is 9.69 Å². The number of ether oxygens (including phenoxy) is 1. The molecule has 0 saturated heterocycles. The quantitative estimate of drug-likeness (QED) is 0.416. The molecule has 4 rings (SSSR count). The molecule has 178 valence electrons. The number of halogens is 3. The van der Waals surface area contributed by atoms with Crippen molar-refractivity contribution in [1.29, 1.82) is 0 Å². The highest BCUT2D eigenvalue weighted by atomic mass is 19.4. The first kappa shape index (κ1) is 23.7. The second-order valence-corrected chi connectivity index (χ2v) is 7.71. The Kier molecular flexibility index (Phi) is 6.12.